The Morgan fingerprint density at radius 3 is 2.73 bits per heavy atom. The van der Waals surface area contributed by atoms with Crippen molar-refractivity contribution >= 4 is 46.2 Å². The first-order chi connectivity index (χ1) is 15.7. The number of nitrogens with zero attached hydrogens (tertiary/aromatic N) is 2. The molecular formula is C24H25IN4O3S. The van der Waals surface area contributed by atoms with E-state index in [4.69, 9.17) is 0 Å². The largest absolute Gasteiger partial charge is 0.508 e. The number of nitrogens with one attached hydrogen (secondary N) is 2. The Morgan fingerprint density at radius 2 is 2.00 bits per heavy atom. The molecule has 1 aromatic heterocycles. The van der Waals surface area contributed by atoms with Crippen molar-refractivity contribution in [2.45, 2.75) is 49.3 Å². The minimum atomic E-state index is -0.737. The molecule has 4 rings (SSSR count). The van der Waals surface area contributed by atoms with Gasteiger partial charge in [0.15, 0.2) is 5.16 Å². The SMILES string of the molecule is CC(NC(=O)c1cnc2n1C(c1cccc(I)c1)C(C)(C)S2)C(=O)NCc1cccc(O)c1. The second kappa shape index (κ2) is 9.38. The maximum Gasteiger partial charge on any atom is 0.270 e. The Balaban J connectivity index is 1.49. The van der Waals surface area contributed by atoms with E-state index < -0.39 is 6.04 Å². The van der Waals surface area contributed by atoms with Crippen LogP contribution in [-0.2, 0) is 11.3 Å². The summed E-state index contributed by atoms with van der Waals surface area (Å²) in [6.45, 7) is 6.20. The zero-order chi connectivity index (χ0) is 23.8. The molecule has 2 unspecified atom stereocenters. The Bertz CT molecular complexity index is 1210. The summed E-state index contributed by atoms with van der Waals surface area (Å²) in [7, 11) is 0. The van der Waals surface area contributed by atoms with Crippen LogP contribution in [0.15, 0.2) is 59.9 Å². The number of aromatic nitrogens is 2. The van der Waals surface area contributed by atoms with E-state index >= 15 is 0 Å². The van der Waals surface area contributed by atoms with Gasteiger partial charge in [0.1, 0.15) is 17.5 Å². The number of amides is 2. The van der Waals surface area contributed by atoms with Gasteiger partial charge >= 0.3 is 0 Å². The number of halogens is 1. The van der Waals surface area contributed by atoms with Gasteiger partial charge in [-0.1, -0.05) is 36.0 Å². The quantitative estimate of drug-likeness (QED) is 0.384. The van der Waals surface area contributed by atoms with Crippen molar-refractivity contribution in [2.24, 2.45) is 0 Å². The number of hydrogen-bond acceptors (Lipinski definition) is 5. The maximum absolute atomic E-state index is 13.2. The normalized spacial score (nSPS) is 17.3. The number of carbonyl (C=O) groups is 2. The van der Waals surface area contributed by atoms with Crippen molar-refractivity contribution in [1.29, 1.82) is 0 Å². The monoisotopic (exact) mass is 576 g/mol. The molecule has 1 aliphatic heterocycles. The lowest BCUT2D eigenvalue weighted by atomic mass is 9.95. The van der Waals surface area contributed by atoms with Crippen molar-refractivity contribution in [3.63, 3.8) is 0 Å². The van der Waals surface area contributed by atoms with Crippen molar-refractivity contribution in [1.82, 2.24) is 20.2 Å². The molecule has 0 fully saturated rings. The van der Waals surface area contributed by atoms with Crippen molar-refractivity contribution in [3.8, 4) is 5.75 Å². The summed E-state index contributed by atoms with van der Waals surface area (Å²) < 4.78 is 2.92. The van der Waals surface area contributed by atoms with E-state index in [-0.39, 0.29) is 34.9 Å². The van der Waals surface area contributed by atoms with E-state index in [1.54, 1.807) is 43.1 Å². The second-order valence-corrected chi connectivity index (χ2v) is 11.4. The third kappa shape index (κ3) is 5.03. The van der Waals surface area contributed by atoms with Gasteiger partial charge in [0.2, 0.25) is 5.91 Å². The minimum Gasteiger partial charge on any atom is -0.508 e. The molecular weight excluding hydrogens is 551 g/mol. The van der Waals surface area contributed by atoms with E-state index in [1.807, 2.05) is 22.8 Å². The maximum atomic E-state index is 13.2. The van der Waals surface area contributed by atoms with Crippen LogP contribution in [0, 0.1) is 3.57 Å². The van der Waals surface area contributed by atoms with Crippen molar-refractivity contribution in [3.05, 3.63) is 75.1 Å². The van der Waals surface area contributed by atoms with E-state index in [1.165, 1.54) is 0 Å². The number of hydrogen-bond donors (Lipinski definition) is 3. The molecule has 172 valence electrons. The Morgan fingerprint density at radius 1 is 1.24 bits per heavy atom. The highest BCUT2D eigenvalue weighted by Crippen LogP contribution is 2.51. The van der Waals surface area contributed by atoms with Crippen LogP contribution in [-0.4, -0.2) is 37.3 Å². The summed E-state index contributed by atoms with van der Waals surface area (Å²) in [4.78, 5) is 30.2. The molecule has 0 aliphatic carbocycles. The number of phenolic OH excluding ortho intramolecular Hbond substituents is 1. The first kappa shape index (κ1) is 23.6. The molecule has 2 amide bonds. The van der Waals surface area contributed by atoms with Crippen molar-refractivity contribution < 1.29 is 14.7 Å². The number of rotatable bonds is 6. The molecule has 9 heteroatoms. The van der Waals surface area contributed by atoms with E-state index in [0.29, 0.717) is 5.69 Å². The smallest absolute Gasteiger partial charge is 0.270 e. The van der Waals surface area contributed by atoms with Gasteiger partial charge in [0.05, 0.1) is 12.2 Å². The number of thioether (sulfide) groups is 1. The lowest BCUT2D eigenvalue weighted by molar-refractivity contribution is -0.122. The first-order valence-electron chi connectivity index (χ1n) is 10.5. The van der Waals surface area contributed by atoms with Crippen LogP contribution in [0.25, 0.3) is 0 Å². The number of phenols is 1. The van der Waals surface area contributed by atoms with Crippen LogP contribution >= 0.6 is 34.4 Å². The topological polar surface area (TPSA) is 96.2 Å². The van der Waals surface area contributed by atoms with Crippen LogP contribution in [0.2, 0.25) is 0 Å². The van der Waals surface area contributed by atoms with E-state index in [2.05, 4.69) is 64.2 Å². The molecule has 2 atom stereocenters. The molecule has 3 aromatic rings. The molecule has 3 N–H and O–H groups in total. The van der Waals surface area contributed by atoms with Crippen LogP contribution in [0.5, 0.6) is 5.75 Å². The molecule has 2 aromatic carbocycles. The van der Waals surface area contributed by atoms with Gasteiger partial charge in [0, 0.05) is 14.9 Å². The highest BCUT2D eigenvalue weighted by Gasteiger charge is 2.44. The molecule has 0 spiro atoms. The third-order valence-corrected chi connectivity index (χ3v) is 7.45. The van der Waals surface area contributed by atoms with Crippen LogP contribution in [0.4, 0.5) is 0 Å². The summed E-state index contributed by atoms with van der Waals surface area (Å²) in [6, 6.07) is 14.1. The van der Waals surface area contributed by atoms with Gasteiger partial charge in [-0.05, 0) is 78.8 Å². The highest BCUT2D eigenvalue weighted by atomic mass is 127. The van der Waals surface area contributed by atoms with Gasteiger partial charge in [-0.15, -0.1) is 0 Å². The number of imidazole rings is 1. The lowest BCUT2D eigenvalue weighted by Crippen LogP contribution is -2.45. The fraction of sp³-hybridized carbons (Fsp3) is 0.292. The fourth-order valence-corrected chi connectivity index (χ4v) is 5.81. The van der Waals surface area contributed by atoms with Gasteiger partial charge in [0.25, 0.3) is 5.91 Å². The molecule has 0 saturated heterocycles. The summed E-state index contributed by atoms with van der Waals surface area (Å²) >= 11 is 3.93. The van der Waals surface area contributed by atoms with Gasteiger partial charge in [-0.2, -0.15) is 0 Å². The molecule has 0 bridgehead atoms. The summed E-state index contributed by atoms with van der Waals surface area (Å²) in [6.07, 6.45) is 1.57. The van der Waals surface area contributed by atoms with Gasteiger partial charge in [-0.25, -0.2) is 4.98 Å². The molecule has 7 nitrogen and oxygen atoms in total. The highest BCUT2D eigenvalue weighted by molar-refractivity contribution is 14.1. The van der Waals surface area contributed by atoms with Gasteiger partial charge in [-0.3, -0.25) is 9.59 Å². The third-order valence-electron chi connectivity index (χ3n) is 5.55. The molecule has 2 heterocycles. The molecule has 33 heavy (non-hydrogen) atoms. The standard InChI is InChI=1S/C24H25IN4O3S/c1-14(21(31)26-12-15-6-4-9-18(30)10-15)28-22(32)19-13-27-23-29(19)20(24(2,3)33-23)16-7-5-8-17(25)11-16/h4-11,13-14,20,30H,12H2,1-3H3,(H,26,31)(H,28,32). The zero-order valence-corrected chi connectivity index (χ0v) is 21.5. The molecule has 1 aliphatic rings. The number of aromatic hydroxyl groups is 1. The Labute approximate surface area is 210 Å². The fourth-order valence-electron chi connectivity index (χ4n) is 4.01. The van der Waals surface area contributed by atoms with Crippen LogP contribution in [0.3, 0.4) is 0 Å². The van der Waals surface area contributed by atoms with Crippen LogP contribution in [0.1, 0.15) is 48.4 Å². The number of carbonyl (C=O) groups excluding carboxylic acids is 2. The first-order valence-corrected chi connectivity index (χ1v) is 12.4. The minimum absolute atomic E-state index is 0.0645. The predicted molar refractivity (Wildman–Crippen MR) is 136 cm³/mol. The molecule has 0 radical (unpaired) electrons. The Kier molecular flexibility index (Phi) is 6.71. The van der Waals surface area contributed by atoms with Crippen LogP contribution < -0.4 is 10.6 Å². The average molecular weight is 576 g/mol. The van der Waals surface area contributed by atoms with E-state index in [0.717, 1.165) is 19.9 Å². The lowest BCUT2D eigenvalue weighted by Gasteiger charge is -2.28. The summed E-state index contributed by atoms with van der Waals surface area (Å²) in [5.74, 6) is -0.513. The zero-order valence-electron chi connectivity index (χ0n) is 18.5. The van der Waals surface area contributed by atoms with Crippen molar-refractivity contribution in [2.75, 3.05) is 0 Å². The van der Waals surface area contributed by atoms with E-state index in [9.17, 15) is 14.7 Å². The molecule has 0 saturated carbocycles. The summed E-state index contributed by atoms with van der Waals surface area (Å²) in [5.41, 5.74) is 2.32. The average Bonchev–Trinajstić information content (AvgIpc) is 3.25. The summed E-state index contributed by atoms with van der Waals surface area (Å²) in [5, 5.41) is 15.9. The second-order valence-electron chi connectivity index (χ2n) is 8.54. The number of fused-ring (bicyclic) bond motifs is 1. The number of benzene rings is 2. The Hall–Kier alpha value is -2.53. The predicted octanol–water partition coefficient (Wildman–Crippen LogP) is 4.10. The van der Waals surface area contributed by atoms with Gasteiger partial charge < -0.3 is 20.3 Å².